The average molecular weight is 321 g/mol. The van der Waals surface area contributed by atoms with Crippen LogP contribution in [0.3, 0.4) is 0 Å². The molecule has 0 spiro atoms. The lowest BCUT2D eigenvalue weighted by atomic mass is 10.1. The topological polar surface area (TPSA) is 49.4 Å². The molecular weight excluding hydrogens is 300 g/mol. The van der Waals surface area contributed by atoms with Crippen LogP contribution in [-0.4, -0.2) is 35.8 Å². The highest BCUT2D eigenvalue weighted by Crippen LogP contribution is 2.32. The van der Waals surface area contributed by atoms with Gasteiger partial charge in [-0.1, -0.05) is 23.7 Å². The summed E-state index contributed by atoms with van der Waals surface area (Å²) in [7, 11) is 0. The van der Waals surface area contributed by atoms with Crippen molar-refractivity contribution in [2.45, 2.75) is 38.1 Å². The Labute approximate surface area is 135 Å². The molecule has 1 unspecified atom stereocenters. The summed E-state index contributed by atoms with van der Waals surface area (Å²) in [5, 5.41) is 3.71. The highest BCUT2D eigenvalue weighted by molar-refractivity contribution is 6.30. The van der Waals surface area contributed by atoms with Gasteiger partial charge in [0.1, 0.15) is 0 Å². The molecule has 1 atom stereocenters. The summed E-state index contributed by atoms with van der Waals surface area (Å²) >= 11 is 5.97. The quantitative estimate of drug-likeness (QED) is 0.875. The van der Waals surface area contributed by atoms with Crippen molar-refractivity contribution in [3.8, 4) is 0 Å². The average Bonchev–Trinajstić information content (AvgIpc) is 3.20. The fourth-order valence-electron chi connectivity index (χ4n) is 2.91. The molecule has 3 rings (SSSR count). The number of carbonyl (C=O) groups is 2. The van der Waals surface area contributed by atoms with E-state index in [9.17, 15) is 9.59 Å². The minimum Gasteiger partial charge on any atom is -0.351 e. The standard InChI is InChI=1S/C17H21ClN2O2/c18-14-3-1-2-12(8-14)6-7-20-11-15(10-17(20)22)19-16(21)9-13-4-5-13/h1-3,8,13,15H,4-7,9-11H2,(H,19,21). The van der Waals surface area contributed by atoms with Gasteiger partial charge in [-0.25, -0.2) is 0 Å². The molecule has 1 saturated carbocycles. The number of benzene rings is 1. The van der Waals surface area contributed by atoms with Crippen LogP contribution in [0.1, 0.15) is 31.2 Å². The molecule has 22 heavy (non-hydrogen) atoms. The molecule has 2 amide bonds. The van der Waals surface area contributed by atoms with Gasteiger partial charge in [-0.05, 0) is 42.9 Å². The Morgan fingerprint density at radius 2 is 2.18 bits per heavy atom. The molecule has 2 fully saturated rings. The van der Waals surface area contributed by atoms with E-state index in [0.29, 0.717) is 31.8 Å². The molecule has 0 bridgehead atoms. The predicted octanol–water partition coefficient (Wildman–Crippen LogP) is 2.40. The van der Waals surface area contributed by atoms with E-state index >= 15 is 0 Å². The Morgan fingerprint density at radius 3 is 2.91 bits per heavy atom. The smallest absolute Gasteiger partial charge is 0.224 e. The van der Waals surface area contributed by atoms with Crippen LogP contribution in [0.2, 0.25) is 5.02 Å². The monoisotopic (exact) mass is 320 g/mol. The Hall–Kier alpha value is -1.55. The summed E-state index contributed by atoms with van der Waals surface area (Å²) in [6.45, 7) is 1.30. The molecular formula is C17H21ClN2O2. The number of carbonyl (C=O) groups excluding carboxylic acids is 2. The first-order valence-electron chi connectivity index (χ1n) is 7.92. The van der Waals surface area contributed by atoms with Crippen molar-refractivity contribution in [2.24, 2.45) is 5.92 Å². The largest absolute Gasteiger partial charge is 0.351 e. The van der Waals surface area contributed by atoms with Crippen molar-refractivity contribution < 1.29 is 9.59 Å². The number of nitrogens with one attached hydrogen (secondary N) is 1. The number of hydrogen-bond donors (Lipinski definition) is 1. The summed E-state index contributed by atoms with van der Waals surface area (Å²) in [5.41, 5.74) is 1.13. The Bertz CT molecular complexity index is 572. The molecule has 0 aromatic heterocycles. The van der Waals surface area contributed by atoms with E-state index in [-0.39, 0.29) is 17.9 Å². The molecule has 1 aliphatic carbocycles. The summed E-state index contributed by atoms with van der Waals surface area (Å²) < 4.78 is 0. The van der Waals surface area contributed by atoms with E-state index < -0.39 is 0 Å². The lowest BCUT2D eigenvalue weighted by molar-refractivity contribution is -0.127. The van der Waals surface area contributed by atoms with E-state index in [0.717, 1.165) is 17.0 Å². The predicted molar refractivity (Wildman–Crippen MR) is 85.6 cm³/mol. The van der Waals surface area contributed by atoms with Crippen molar-refractivity contribution in [2.75, 3.05) is 13.1 Å². The van der Waals surface area contributed by atoms with Gasteiger partial charge in [0.2, 0.25) is 11.8 Å². The van der Waals surface area contributed by atoms with Crippen molar-refractivity contribution in [3.05, 3.63) is 34.9 Å². The molecule has 1 N–H and O–H groups in total. The lowest BCUT2D eigenvalue weighted by Crippen LogP contribution is -2.37. The van der Waals surface area contributed by atoms with Gasteiger partial charge in [0, 0.05) is 31.0 Å². The van der Waals surface area contributed by atoms with Crippen molar-refractivity contribution in [3.63, 3.8) is 0 Å². The van der Waals surface area contributed by atoms with Gasteiger partial charge in [0.25, 0.3) is 0 Å². The SMILES string of the molecule is O=C(CC1CC1)NC1CC(=O)N(CCc2cccc(Cl)c2)C1. The third-order valence-corrected chi connectivity index (χ3v) is 4.55. The third kappa shape index (κ3) is 4.23. The molecule has 0 radical (unpaired) electrons. The van der Waals surface area contributed by atoms with Crippen molar-refractivity contribution >= 4 is 23.4 Å². The van der Waals surface area contributed by atoms with Gasteiger partial charge in [-0.3, -0.25) is 9.59 Å². The van der Waals surface area contributed by atoms with Crippen LogP contribution in [0.5, 0.6) is 0 Å². The Balaban J connectivity index is 1.46. The zero-order chi connectivity index (χ0) is 15.5. The highest BCUT2D eigenvalue weighted by atomic mass is 35.5. The third-order valence-electron chi connectivity index (χ3n) is 4.31. The van der Waals surface area contributed by atoms with Crippen molar-refractivity contribution in [1.29, 1.82) is 0 Å². The molecule has 4 nitrogen and oxygen atoms in total. The van der Waals surface area contributed by atoms with Crippen LogP contribution in [0, 0.1) is 5.92 Å². The van der Waals surface area contributed by atoms with E-state index in [4.69, 9.17) is 11.6 Å². The fraction of sp³-hybridized carbons (Fsp3) is 0.529. The number of halogens is 1. The van der Waals surface area contributed by atoms with Crippen molar-refractivity contribution in [1.82, 2.24) is 10.2 Å². The summed E-state index contributed by atoms with van der Waals surface area (Å²) in [6.07, 6.45) is 4.17. The number of amides is 2. The highest BCUT2D eigenvalue weighted by Gasteiger charge is 2.31. The maximum atomic E-state index is 12.0. The maximum absolute atomic E-state index is 12.0. The number of likely N-dealkylation sites (tertiary alicyclic amines) is 1. The van der Waals surface area contributed by atoms with Crippen LogP contribution in [0.15, 0.2) is 24.3 Å². The van der Waals surface area contributed by atoms with Gasteiger partial charge in [-0.15, -0.1) is 0 Å². The van der Waals surface area contributed by atoms with E-state index in [1.807, 2.05) is 29.2 Å². The first-order valence-corrected chi connectivity index (χ1v) is 8.29. The molecule has 1 aromatic carbocycles. The van der Waals surface area contributed by atoms with Gasteiger partial charge >= 0.3 is 0 Å². The minimum atomic E-state index is -0.0295. The number of hydrogen-bond acceptors (Lipinski definition) is 2. The number of rotatable bonds is 6. The second-order valence-electron chi connectivity index (χ2n) is 6.34. The fourth-order valence-corrected chi connectivity index (χ4v) is 3.13. The van der Waals surface area contributed by atoms with Gasteiger partial charge in [0.05, 0.1) is 6.04 Å². The van der Waals surface area contributed by atoms with E-state index in [2.05, 4.69) is 5.32 Å². The van der Waals surface area contributed by atoms with Gasteiger partial charge < -0.3 is 10.2 Å². The molecule has 1 aliphatic heterocycles. The zero-order valence-corrected chi connectivity index (χ0v) is 13.3. The molecule has 1 saturated heterocycles. The minimum absolute atomic E-state index is 0.0295. The molecule has 1 heterocycles. The van der Waals surface area contributed by atoms with Crippen LogP contribution in [0.4, 0.5) is 0 Å². The Morgan fingerprint density at radius 1 is 1.36 bits per heavy atom. The first kappa shape index (κ1) is 15.3. The zero-order valence-electron chi connectivity index (χ0n) is 12.6. The van der Waals surface area contributed by atoms with Gasteiger partial charge in [-0.2, -0.15) is 0 Å². The van der Waals surface area contributed by atoms with Crippen LogP contribution >= 0.6 is 11.6 Å². The number of nitrogens with zero attached hydrogens (tertiary/aromatic N) is 1. The second kappa shape index (κ2) is 6.69. The first-order chi connectivity index (χ1) is 10.6. The molecule has 1 aromatic rings. The maximum Gasteiger partial charge on any atom is 0.224 e. The summed E-state index contributed by atoms with van der Waals surface area (Å²) in [5.74, 6) is 0.798. The molecule has 118 valence electrons. The Kier molecular flexibility index (Phi) is 4.67. The molecule has 2 aliphatic rings. The normalized spacial score (nSPS) is 21.2. The summed E-state index contributed by atoms with van der Waals surface area (Å²) in [6, 6.07) is 7.68. The second-order valence-corrected chi connectivity index (χ2v) is 6.77. The van der Waals surface area contributed by atoms with Crippen LogP contribution in [0.25, 0.3) is 0 Å². The van der Waals surface area contributed by atoms with Crippen LogP contribution in [-0.2, 0) is 16.0 Å². The van der Waals surface area contributed by atoms with Gasteiger partial charge in [0.15, 0.2) is 0 Å². The summed E-state index contributed by atoms with van der Waals surface area (Å²) in [4.78, 5) is 25.7. The van der Waals surface area contributed by atoms with E-state index in [1.54, 1.807) is 0 Å². The lowest BCUT2D eigenvalue weighted by Gasteiger charge is -2.17. The molecule has 5 heteroatoms. The van der Waals surface area contributed by atoms with E-state index in [1.165, 1.54) is 12.8 Å². The van der Waals surface area contributed by atoms with Crippen LogP contribution < -0.4 is 5.32 Å².